The Morgan fingerprint density at radius 2 is 1.86 bits per heavy atom. The maximum Gasteiger partial charge on any atom is 0.148 e. The summed E-state index contributed by atoms with van der Waals surface area (Å²) in [5.74, 6) is 4.13. The fraction of sp³-hybridized carbons (Fsp3) is 0.222. The molecule has 0 bridgehead atoms. The summed E-state index contributed by atoms with van der Waals surface area (Å²) < 4.78 is 10.8. The van der Waals surface area contributed by atoms with Crippen molar-refractivity contribution in [2.45, 2.75) is 13.5 Å². The van der Waals surface area contributed by atoms with Crippen molar-refractivity contribution in [3.05, 3.63) is 54.1 Å². The van der Waals surface area contributed by atoms with Crippen LogP contribution in [0.25, 0.3) is 0 Å². The Labute approximate surface area is 125 Å². The standard InChI is InChI=1S/C18H19NO2/c1-3-12-21-18-7-5-6-15(13-18)14-19-16-8-10-17(11-9-16)20-4-2/h1,5-11,13,19H,4,12,14H2,2H3. The molecule has 0 heterocycles. The molecule has 0 aliphatic rings. The number of terminal acetylenes is 1. The summed E-state index contributed by atoms with van der Waals surface area (Å²) in [5.41, 5.74) is 2.19. The van der Waals surface area contributed by atoms with E-state index in [0.717, 1.165) is 29.3 Å². The molecule has 1 N–H and O–H groups in total. The minimum atomic E-state index is 0.287. The molecular formula is C18H19NO2. The second-order valence-electron chi connectivity index (χ2n) is 4.45. The number of hydrogen-bond donors (Lipinski definition) is 1. The lowest BCUT2D eigenvalue weighted by atomic mass is 10.2. The third kappa shape index (κ3) is 4.77. The molecule has 0 aliphatic carbocycles. The number of benzene rings is 2. The van der Waals surface area contributed by atoms with E-state index in [2.05, 4.69) is 11.2 Å². The lowest BCUT2D eigenvalue weighted by molar-refractivity contribution is 0.340. The largest absolute Gasteiger partial charge is 0.494 e. The van der Waals surface area contributed by atoms with Crippen molar-refractivity contribution < 1.29 is 9.47 Å². The molecule has 2 aromatic carbocycles. The molecule has 0 radical (unpaired) electrons. The van der Waals surface area contributed by atoms with E-state index >= 15 is 0 Å². The predicted molar refractivity (Wildman–Crippen MR) is 85.7 cm³/mol. The van der Waals surface area contributed by atoms with Crippen LogP contribution in [0.3, 0.4) is 0 Å². The van der Waals surface area contributed by atoms with Gasteiger partial charge in [-0.2, -0.15) is 0 Å². The predicted octanol–water partition coefficient (Wildman–Crippen LogP) is 3.71. The maximum absolute atomic E-state index is 5.42. The molecule has 3 heteroatoms. The van der Waals surface area contributed by atoms with Gasteiger partial charge in [0.15, 0.2) is 0 Å². The molecule has 0 fully saturated rings. The number of hydrogen-bond acceptors (Lipinski definition) is 3. The van der Waals surface area contributed by atoms with Gasteiger partial charge in [0.25, 0.3) is 0 Å². The molecule has 0 spiro atoms. The summed E-state index contributed by atoms with van der Waals surface area (Å²) in [5, 5.41) is 3.36. The van der Waals surface area contributed by atoms with Crippen LogP contribution in [0.15, 0.2) is 48.5 Å². The van der Waals surface area contributed by atoms with Crippen LogP contribution in [0.4, 0.5) is 5.69 Å². The van der Waals surface area contributed by atoms with Gasteiger partial charge in [0.2, 0.25) is 0 Å². The van der Waals surface area contributed by atoms with Crippen LogP contribution in [0, 0.1) is 12.3 Å². The van der Waals surface area contributed by atoms with Gasteiger partial charge in [0.1, 0.15) is 18.1 Å². The van der Waals surface area contributed by atoms with E-state index in [1.807, 2.05) is 55.5 Å². The molecule has 21 heavy (non-hydrogen) atoms. The molecule has 0 aliphatic heterocycles. The first kappa shape index (κ1) is 14.8. The molecule has 0 amide bonds. The van der Waals surface area contributed by atoms with Crippen molar-refractivity contribution in [1.29, 1.82) is 0 Å². The Hall–Kier alpha value is -2.60. The zero-order valence-electron chi connectivity index (χ0n) is 12.1. The highest BCUT2D eigenvalue weighted by Gasteiger charge is 1.98. The van der Waals surface area contributed by atoms with Crippen LogP contribution in [0.1, 0.15) is 12.5 Å². The van der Waals surface area contributed by atoms with Crippen LogP contribution in [-0.2, 0) is 6.54 Å². The van der Waals surface area contributed by atoms with Crippen molar-refractivity contribution in [2.75, 3.05) is 18.5 Å². The Balaban J connectivity index is 1.91. The Kier molecular flexibility index (Phi) is 5.54. The molecule has 3 nitrogen and oxygen atoms in total. The molecule has 2 aromatic rings. The normalized spacial score (nSPS) is 9.71. The molecule has 0 atom stereocenters. The first-order valence-electron chi connectivity index (χ1n) is 6.93. The van der Waals surface area contributed by atoms with Gasteiger partial charge >= 0.3 is 0 Å². The highest BCUT2D eigenvalue weighted by Crippen LogP contribution is 2.18. The Bertz CT molecular complexity index is 599. The number of nitrogens with one attached hydrogen (secondary N) is 1. The van der Waals surface area contributed by atoms with E-state index < -0.39 is 0 Å². The van der Waals surface area contributed by atoms with Crippen molar-refractivity contribution in [1.82, 2.24) is 0 Å². The molecule has 0 saturated heterocycles. The SMILES string of the molecule is C#CCOc1cccc(CNc2ccc(OCC)cc2)c1. The van der Waals surface area contributed by atoms with Crippen molar-refractivity contribution in [2.24, 2.45) is 0 Å². The van der Waals surface area contributed by atoms with Crippen LogP contribution < -0.4 is 14.8 Å². The van der Waals surface area contributed by atoms with Crippen LogP contribution in [0.2, 0.25) is 0 Å². The first-order chi connectivity index (χ1) is 10.3. The van der Waals surface area contributed by atoms with E-state index in [-0.39, 0.29) is 6.61 Å². The van der Waals surface area contributed by atoms with E-state index in [1.165, 1.54) is 0 Å². The first-order valence-corrected chi connectivity index (χ1v) is 6.93. The number of ether oxygens (including phenoxy) is 2. The van der Waals surface area contributed by atoms with Crippen molar-refractivity contribution in [3.63, 3.8) is 0 Å². The topological polar surface area (TPSA) is 30.5 Å². The third-order valence-electron chi connectivity index (χ3n) is 2.88. The summed E-state index contributed by atoms with van der Waals surface area (Å²) in [4.78, 5) is 0. The monoisotopic (exact) mass is 281 g/mol. The van der Waals surface area contributed by atoms with Crippen LogP contribution >= 0.6 is 0 Å². The Morgan fingerprint density at radius 1 is 1.05 bits per heavy atom. The van der Waals surface area contributed by atoms with E-state index in [0.29, 0.717) is 6.61 Å². The lowest BCUT2D eigenvalue weighted by Crippen LogP contribution is -2.00. The van der Waals surface area contributed by atoms with Gasteiger partial charge in [-0.25, -0.2) is 0 Å². The molecule has 2 rings (SSSR count). The van der Waals surface area contributed by atoms with Gasteiger partial charge < -0.3 is 14.8 Å². The van der Waals surface area contributed by atoms with Gasteiger partial charge in [0.05, 0.1) is 6.61 Å². The lowest BCUT2D eigenvalue weighted by Gasteiger charge is -2.09. The van der Waals surface area contributed by atoms with Crippen LogP contribution in [0.5, 0.6) is 11.5 Å². The summed E-state index contributed by atoms with van der Waals surface area (Å²) in [6, 6.07) is 15.8. The zero-order chi connectivity index (χ0) is 14.9. The second kappa shape index (κ2) is 7.86. The highest BCUT2D eigenvalue weighted by atomic mass is 16.5. The average Bonchev–Trinajstić information content (AvgIpc) is 2.53. The quantitative estimate of drug-likeness (QED) is 0.785. The van der Waals surface area contributed by atoms with E-state index in [1.54, 1.807) is 0 Å². The fourth-order valence-corrected chi connectivity index (χ4v) is 1.91. The highest BCUT2D eigenvalue weighted by molar-refractivity contribution is 5.47. The smallest absolute Gasteiger partial charge is 0.148 e. The second-order valence-corrected chi connectivity index (χ2v) is 4.45. The minimum Gasteiger partial charge on any atom is -0.494 e. The van der Waals surface area contributed by atoms with Gasteiger partial charge in [-0.1, -0.05) is 18.1 Å². The molecule has 108 valence electrons. The summed E-state index contributed by atoms with van der Waals surface area (Å²) in [7, 11) is 0. The van der Waals surface area contributed by atoms with E-state index in [4.69, 9.17) is 15.9 Å². The molecule has 0 saturated carbocycles. The summed E-state index contributed by atoms with van der Waals surface area (Å²) >= 11 is 0. The zero-order valence-corrected chi connectivity index (χ0v) is 12.1. The van der Waals surface area contributed by atoms with Gasteiger partial charge in [-0.3, -0.25) is 0 Å². The number of anilines is 1. The fourth-order valence-electron chi connectivity index (χ4n) is 1.91. The molecule has 0 aromatic heterocycles. The summed E-state index contributed by atoms with van der Waals surface area (Å²) in [6.07, 6.45) is 5.19. The third-order valence-corrected chi connectivity index (χ3v) is 2.88. The van der Waals surface area contributed by atoms with Crippen molar-refractivity contribution >= 4 is 5.69 Å². The van der Waals surface area contributed by atoms with Gasteiger partial charge in [0, 0.05) is 12.2 Å². The van der Waals surface area contributed by atoms with Crippen molar-refractivity contribution in [3.8, 4) is 23.8 Å². The minimum absolute atomic E-state index is 0.287. The van der Waals surface area contributed by atoms with Gasteiger partial charge in [-0.15, -0.1) is 6.42 Å². The molecular weight excluding hydrogens is 262 g/mol. The average molecular weight is 281 g/mol. The van der Waals surface area contributed by atoms with Crippen LogP contribution in [-0.4, -0.2) is 13.2 Å². The van der Waals surface area contributed by atoms with E-state index in [9.17, 15) is 0 Å². The number of rotatable bonds is 7. The van der Waals surface area contributed by atoms with Gasteiger partial charge in [-0.05, 0) is 48.9 Å². The summed E-state index contributed by atoms with van der Waals surface area (Å²) in [6.45, 7) is 3.66. The molecule has 0 unspecified atom stereocenters. The maximum atomic E-state index is 5.42. The Morgan fingerprint density at radius 3 is 2.57 bits per heavy atom.